The van der Waals surface area contributed by atoms with Crippen LogP contribution in [0.1, 0.15) is 11.6 Å². The molecule has 4 rings (SSSR count). The van der Waals surface area contributed by atoms with E-state index in [-0.39, 0.29) is 24.8 Å². The van der Waals surface area contributed by atoms with Gasteiger partial charge in [0.05, 0.1) is 22.1 Å². The molecule has 0 aliphatic rings. The van der Waals surface area contributed by atoms with Crippen LogP contribution < -0.4 is 0 Å². The average molecular weight is 427 g/mol. The van der Waals surface area contributed by atoms with E-state index in [1.165, 1.54) is 0 Å². The fourth-order valence-corrected chi connectivity index (χ4v) is 4.64. The fraction of sp³-hybridized carbons (Fsp3) is 0.222. The van der Waals surface area contributed by atoms with Gasteiger partial charge in [-0.2, -0.15) is 0 Å². The zero-order valence-electron chi connectivity index (χ0n) is 14.0. The van der Waals surface area contributed by atoms with Gasteiger partial charge >= 0.3 is 0 Å². The van der Waals surface area contributed by atoms with Crippen LogP contribution >= 0.6 is 46.4 Å². The van der Waals surface area contributed by atoms with Crippen molar-refractivity contribution in [2.45, 2.75) is 12.8 Å². The Labute approximate surface area is 172 Å². The third-order valence-corrected chi connectivity index (χ3v) is 6.21. The predicted octanol–water partition coefficient (Wildman–Crippen LogP) is 5.45. The maximum atomic E-state index is 4.61. The Hall–Kier alpha value is -1.34. The van der Waals surface area contributed by atoms with Gasteiger partial charge in [0.2, 0.25) is 0 Å². The van der Waals surface area contributed by atoms with Crippen molar-refractivity contribution in [3.8, 4) is 0 Å². The van der Waals surface area contributed by atoms with Gasteiger partial charge in [-0.25, -0.2) is 9.97 Å². The minimum absolute atomic E-state index is 0. The average Bonchev–Trinajstić information content (AvgIpc) is 3.20. The summed E-state index contributed by atoms with van der Waals surface area (Å²) in [5, 5.41) is 0. The molecule has 2 N–H and O–H groups in total. The molecule has 2 aromatic carbocycles. The van der Waals surface area contributed by atoms with Gasteiger partial charge in [-0.15, -0.1) is 24.8 Å². The van der Waals surface area contributed by atoms with Crippen LogP contribution in [0.3, 0.4) is 0 Å². The molecule has 0 aliphatic carbocycles. The lowest BCUT2D eigenvalue weighted by Gasteiger charge is -1.99. The lowest BCUT2D eigenvalue weighted by Crippen LogP contribution is -1.92. The van der Waals surface area contributed by atoms with Crippen molar-refractivity contribution in [3.05, 3.63) is 60.2 Å². The summed E-state index contributed by atoms with van der Waals surface area (Å²) in [6.07, 6.45) is 1.94. The molecule has 0 radical (unpaired) electrons. The molecule has 26 heavy (non-hydrogen) atoms. The van der Waals surface area contributed by atoms with Crippen LogP contribution in [0.4, 0.5) is 0 Å². The molecule has 4 nitrogen and oxygen atoms in total. The number of para-hydroxylation sites is 4. The van der Waals surface area contributed by atoms with Crippen LogP contribution in [0.5, 0.6) is 0 Å². The number of hydrogen-bond acceptors (Lipinski definition) is 4. The van der Waals surface area contributed by atoms with E-state index in [9.17, 15) is 0 Å². The third-order valence-electron chi connectivity index (χ3n) is 3.80. The molecule has 0 amide bonds. The Balaban J connectivity index is 0.00000121. The highest BCUT2D eigenvalue weighted by Gasteiger charge is 2.04. The highest BCUT2D eigenvalue weighted by molar-refractivity contribution is 8.76. The lowest BCUT2D eigenvalue weighted by molar-refractivity contribution is 1.01. The van der Waals surface area contributed by atoms with Gasteiger partial charge in [-0.05, 0) is 24.3 Å². The Morgan fingerprint density at radius 1 is 0.654 bits per heavy atom. The first-order chi connectivity index (χ1) is 11.9. The van der Waals surface area contributed by atoms with Crippen molar-refractivity contribution >= 4 is 68.5 Å². The third kappa shape index (κ3) is 5.10. The molecule has 0 unspecified atom stereocenters. The summed E-state index contributed by atoms with van der Waals surface area (Å²) in [6, 6.07) is 16.3. The number of H-pyrrole nitrogens is 2. The van der Waals surface area contributed by atoms with Gasteiger partial charge in [0.1, 0.15) is 11.6 Å². The molecule has 2 heterocycles. The van der Waals surface area contributed by atoms with E-state index in [1.807, 2.05) is 58.0 Å². The van der Waals surface area contributed by atoms with Crippen LogP contribution in [0.2, 0.25) is 0 Å². The Kier molecular flexibility index (Phi) is 8.15. The van der Waals surface area contributed by atoms with Crippen LogP contribution in [0.15, 0.2) is 48.5 Å². The minimum atomic E-state index is 0. The van der Waals surface area contributed by atoms with Crippen LogP contribution in [0, 0.1) is 0 Å². The molecule has 0 fully saturated rings. The number of aromatic amines is 2. The van der Waals surface area contributed by atoms with E-state index in [1.54, 1.807) is 0 Å². The van der Waals surface area contributed by atoms with Crippen molar-refractivity contribution in [2.24, 2.45) is 0 Å². The summed E-state index contributed by atoms with van der Waals surface area (Å²) in [6.45, 7) is 0. The number of rotatable bonds is 7. The Morgan fingerprint density at radius 3 is 1.50 bits per heavy atom. The topological polar surface area (TPSA) is 57.4 Å². The van der Waals surface area contributed by atoms with Gasteiger partial charge < -0.3 is 9.97 Å². The van der Waals surface area contributed by atoms with Crippen molar-refractivity contribution < 1.29 is 0 Å². The number of hydrogen-bond donors (Lipinski definition) is 2. The van der Waals surface area contributed by atoms with Crippen LogP contribution in [0.25, 0.3) is 22.1 Å². The second-order valence-corrected chi connectivity index (χ2v) is 8.25. The van der Waals surface area contributed by atoms with E-state index in [2.05, 4.69) is 32.1 Å². The zero-order chi connectivity index (χ0) is 16.2. The maximum Gasteiger partial charge on any atom is 0.108 e. The highest BCUT2D eigenvalue weighted by Crippen LogP contribution is 2.23. The molecule has 138 valence electrons. The summed E-state index contributed by atoms with van der Waals surface area (Å²) in [7, 11) is 3.80. The van der Waals surface area contributed by atoms with Gasteiger partial charge in [0.25, 0.3) is 0 Å². The highest BCUT2D eigenvalue weighted by atomic mass is 35.5. The molecule has 0 saturated heterocycles. The molecule has 0 bridgehead atoms. The van der Waals surface area contributed by atoms with Crippen LogP contribution in [-0.2, 0) is 12.8 Å². The van der Waals surface area contributed by atoms with Gasteiger partial charge in [-0.3, -0.25) is 0 Å². The van der Waals surface area contributed by atoms with Crippen molar-refractivity contribution in [1.82, 2.24) is 19.9 Å². The summed E-state index contributed by atoms with van der Waals surface area (Å²) in [5.41, 5.74) is 4.34. The summed E-state index contributed by atoms with van der Waals surface area (Å²) < 4.78 is 0. The number of nitrogens with one attached hydrogen (secondary N) is 2. The first-order valence-corrected chi connectivity index (χ1v) is 10.5. The maximum absolute atomic E-state index is 4.61. The standard InChI is InChI=1S/C18H18N4S2.2ClH/c1-2-6-14-13(5-1)19-17(20-14)9-11-23-24-12-10-18-21-15-7-3-4-8-16(15)22-18;;/h1-8H,9-12H2,(H,19,20)(H,21,22);2*1H. The van der Waals surface area contributed by atoms with E-state index in [0.717, 1.165) is 58.1 Å². The number of aryl methyl sites for hydroxylation is 2. The Morgan fingerprint density at radius 2 is 1.08 bits per heavy atom. The quantitative estimate of drug-likeness (QED) is 0.304. The molecule has 0 spiro atoms. The van der Waals surface area contributed by atoms with E-state index >= 15 is 0 Å². The van der Waals surface area contributed by atoms with Crippen molar-refractivity contribution in [2.75, 3.05) is 11.5 Å². The van der Waals surface area contributed by atoms with Gasteiger partial charge in [0.15, 0.2) is 0 Å². The molecule has 2 aromatic heterocycles. The first-order valence-electron chi connectivity index (χ1n) is 8.00. The smallest absolute Gasteiger partial charge is 0.108 e. The molecular weight excluding hydrogens is 407 g/mol. The van der Waals surface area contributed by atoms with Gasteiger partial charge in [-0.1, -0.05) is 45.9 Å². The number of benzene rings is 2. The van der Waals surface area contributed by atoms with E-state index in [0.29, 0.717) is 0 Å². The minimum Gasteiger partial charge on any atom is -0.342 e. The zero-order valence-corrected chi connectivity index (χ0v) is 17.2. The molecule has 0 atom stereocenters. The SMILES string of the molecule is Cl.Cl.c1ccc2[nH]c(CCSSCCc3nc4ccccc4[nH]3)nc2c1. The Bertz CT molecular complexity index is 810. The molecule has 0 saturated carbocycles. The summed E-state index contributed by atoms with van der Waals surface area (Å²) in [4.78, 5) is 16.0. The number of nitrogens with zero attached hydrogens (tertiary/aromatic N) is 2. The van der Waals surface area contributed by atoms with E-state index < -0.39 is 0 Å². The molecule has 4 aromatic rings. The number of halogens is 2. The molecular formula is C18H20Cl2N4S2. The van der Waals surface area contributed by atoms with Crippen molar-refractivity contribution in [3.63, 3.8) is 0 Å². The first kappa shape index (κ1) is 21.0. The van der Waals surface area contributed by atoms with E-state index in [4.69, 9.17) is 0 Å². The fourth-order valence-electron chi connectivity index (χ4n) is 2.64. The number of aromatic nitrogens is 4. The van der Waals surface area contributed by atoms with Crippen LogP contribution in [-0.4, -0.2) is 31.4 Å². The largest absolute Gasteiger partial charge is 0.342 e. The summed E-state index contributed by atoms with van der Waals surface area (Å²) >= 11 is 0. The van der Waals surface area contributed by atoms with Gasteiger partial charge in [0, 0.05) is 24.3 Å². The molecule has 8 heteroatoms. The second kappa shape index (κ2) is 10.1. The number of fused-ring (bicyclic) bond motifs is 2. The number of imidazole rings is 2. The summed E-state index contributed by atoms with van der Waals surface area (Å²) in [5.74, 6) is 4.26. The normalized spacial score (nSPS) is 10.6. The molecule has 0 aliphatic heterocycles. The second-order valence-electron chi connectivity index (χ2n) is 5.55. The van der Waals surface area contributed by atoms with Crippen molar-refractivity contribution in [1.29, 1.82) is 0 Å². The predicted molar refractivity (Wildman–Crippen MR) is 119 cm³/mol. The lowest BCUT2D eigenvalue weighted by atomic mass is 10.3. The monoisotopic (exact) mass is 426 g/mol.